The number of halogens is 1. The van der Waals surface area contributed by atoms with Crippen LogP contribution in [0, 0.1) is 5.95 Å². The van der Waals surface area contributed by atoms with Gasteiger partial charge in [0.2, 0.25) is 5.95 Å². The number of carbonyl (C=O) groups is 1. The number of hydrogen-bond acceptors (Lipinski definition) is 4. The van der Waals surface area contributed by atoms with Gasteiger partial charge in [-0.2, -0.15) is 4.39 Å². The standard InChI is InChI=1S/C16H16FN3O2/c17-15-11-12(5-6-18-15)16(21)19-13-3-1-2-4-14(13)20-7-9-22-10-8-20/h1-6,11H,7-10H2,(H,19,21). The summed E-state index contributed by atoms with van der Waals surface area (Å²) in [6, 6.07) is 10.2. The first kappa shape index (κ1) is 14.5. The van der Waals surface area contributed by atoms with E-state index < -0.39 is 5.95 Å². The largest absolute Gasteiger partial charge is 0.378 e. The smallest absolute Gasteiger partial charge is 0.255 e. The third-order valence-electron chi connectivity index (χ3n) is 3.49. The molecule has 0 aliphatic carbocycles. The average Bonchev–Trinajstić information content (AvgIpc) is 2.56. The van der Waals surface area contributed by atoms with E-state index in [1.165, 1.54) is 12.3 Å². The molecule has 2 aromatic rings. The van der Waals surface area contributed by atoms with Gasteiger partial charge in [0, 0.05) is 30.9 Å². The number of rotatable bonds is 3. The zero-order chi connectivity index (χ0) is 15.4. The molecule has 1 saturated heterocycles. The second-order valence-electron chi connectivity index (χ2n) is 4.94. The van der Waals surface area contributed by atoms with E-state index in [0.29, 0.717) is 18.9 Å². The lowest BCUT2D eigenvalue weighted by atomic mass is 10.2. The minimum Gasteiger partial charge on any atom is -0.378 e. The van der Waals surface area contributed by atoms with Gasteiger partial charge in [0.25, 0.3) is 5.91 Å². The van der Waals surface area contributed by atoms with Crippen LogP contribution >= 0.6 is 0 Å². The highest BCUT2D eigenvalue weighted by Crippen LogP contribution is 2.26. The number of carbonyl (C=O) groups excluding carboxylic acids is 1. The lowest BCUT2D eigenvalue weighted by Crippen LogP contribution is -2.36. The minimum absolute atomic E-state index is 0.240. The number of morpholine rings is 1. The Bertz CT molecular complexity index is 672. The van der Waals surface area contributed by atoms with Gasteiger partial charge < -0.3 is 15.0 Å². The summed E-state index contributed by atoms with van der Waals surface area (Å²) in [7, 11) is 0. The first-order chi connectivity index (χ1) is 10.7. The maximum Gasteiger partial charge on any atom is 0.255 e. The van der Waals surface area contributed by atoms with Crippen LogP contribution in [0.5, 0.6) is 0 Å². The number of amides is 1. The summed E-state index contributed by atoms with van der Waals surface area (Å²) in [5.74, 6) is -1.03. The van der Waals surface area contributed by atoms with Crippen LogP contribution in [-0.4, -0.2) is 37.2 Å². The van der Waals surface area contributed by atoms with Crippen molar-refractivity contribution in [3.63, 3.8) is 0 Å². The Morgan fingerprint density at radius 3 is 2.77 bits per heavy atom. The van der Waals surface area contributed by atoms with Crippen LogP contribution in [0.3, 0.4) is 0 Å². The van der Waals surface area contributed by atoms with Gasteiger partial charge in [-0.05, 0) is 18.2 Å². The van der Waals surface area contributed by atoms with Crippen LogP contribution in [-0.2, 0) is 4.74 Å². The van der Waals surface area contributed by atoms with Crippen LogP contribution in [0.2, 0.25) is 0 Å². The average molecular weight is 301 g/mol. The lowest BCUT2D eigenvalue weighted by molar-refractivity contribution is 0.102. The molecule has 114 valence electrons. The number of pyridine rings is 1. The molecule has 3 rings (SSSR count). The van der Waals surface area contributed by atoms with Gasteiger partial charge >= 0.3 is 0 Å². The summed E-state index contributed by atoms with van der Waals surface area (Å²) in [6.07, 6.45) is 1.28. The van der Waals surface area contributed by atoms with Crippen LogP contribution in [0.1, 0.15) is 10.4 Å². The number of benzene rings is 1. The molecule has 1 aliphatic rings. The predicted octanol–water partition coefficient (Wildman–Crippen LogP) is 2.31. The highest BCUT2D eigenvalue weighted by molar-refractivity contribution is 6.05. The SMILES string of the molecule is O=C(Nc1ccccc1N1CCOCC1)c1ccnc(F)c1. The molecule has 1 aromatic heterocycles. The third kappa shape index (κ3) is 3.23. The van der Waals surface area contributed by atoms with Crippen LogP contribution in [0.15, 0.2) is 42.6 Å². The number of anilines is 2. The Kier molecular flexibility index (Phi) is 4.29. The molecule has 6 heteroatoms. The van der Waals surface area contributed by atoms with E-state index in [1.54, 1.807) is 0 Å². The van der Waals surface area contributed by atoms with Crippen LogP contribution < -0.4 is 10.2 Å². The number of ether oxygens (including phenoxy) is 1. The van der Waals surface area contributed by atoms with Crippen molar-refractivity contribution in [2.45, 2.75) is 0 Å². The molecular weight excluding hydrogens is 285 g/mol. The van der Waals surface area contributed by atoms with Crippen molar-refractivity contribution in [1.29, 1.82) is 0 Å². The highest BCUT2D eigenvalue weighted by Gasteiger charge is 2.16. The molecule has 0 spiro atoms. The summed E-state index contributed by atoms with van der Waals surface area (Å²) in [6.45, 7) is 2.88. The maximum absolute atomic E-state index is 13.1. The van der Waals surface area contributed by atoms with Gasteiger partial charge in [-0.3, -0.25) is 4.79 Å². The van der Waals surface area contributed by atoms with Crippen molar-refractivity contribution in [3.05, 3.63) is 54.1 Å². The molecule has 1 fully saturated rings. The minimum atomic E-state index is -0.672. The van der Waals surface area contributed by atoms with E-state index in [9.17, 15) is 9.18 Å². The summed E-state index contributed by atoms with van der Waals surface area (Å²) < 4.78 is 18.5. The van der Waals surface area contributed by atoms with Gasteiger partial charge in [-0.15, -0.1) is 0 Å². The molecular formula is C16H16FN3O2. The van der Waals surface area contributed by atoms with E-state index in [2.05, 4.69) is 15.2 Å². The molecule has 1 aromatic carbocycles. The Morgan fingerprint density at radius 2 is 2.00 bits per heavy atom. The van der Waals surface area contributed by atoms with Crippen molar-refractivity contribution >= 4 is 17.3 Å². The molecule has 0 bridgehead atoms. The summed E-state index contributed by atoms with van der Waals surface area (Å²) in [4.78, 5) is 17.9. The number of hydrogen-bond donors (Lipinski definition) is 1. The predicted molar refractivity (Wildman–Crippen MR) is 81.6 cm³/mol. The first-order valence-corrected chi connectivity index (χ1v) is 7.09. The lowest BCUT2D eigenvalue weighted by Gasteiger charge is -2.30. The summed E-state index contributed by atoms with van der Waals surface area (Å²) in [5, 5.41) is 2.84. The van der Waals surface area contributed by atoms with Crippen molar-refractivity contribution in [1.82, 2.24) is 4.98 Å². The summed E-state index contributed by atoms with van der Waals surface area (Å²) in [5.41, 5.74) is 1.88. The van der Waals surface area contributed by atoms with E-state index in [4.69, 9.17) is 4.74 Å². The van der Waals surface area contributed by atoms with Crippen molar-refractivity contribution in [3.8, 4) is 0 Å². The maximum atomic E-state index is 13.1. The summed E-state index contributed by atoms with van der Waals surface area (Å²) >= 11 is 0. The van der Waals surface area contributed by atoms with Gasteiger partial charge in [-0.25, -0.2) is 4.98 Å². The fraction of sp³-hybridized carbons (Fsp3) is 0.250. The van der Waals surface area contributed by atoms with E-state index in [1.807, 2.05) is 24.3 Å². The number of aromatic nitrogens is 1. The Morgan fingerprint density at radius 1 is 1.23 bits per heavy atom. The second kappa shape index (κ2) is 6.53. The molecule has 2 heterocycles. The van der Waals surface area contributed by atoms with Crippen molar-refractivity contribution in [2.24, 2.45) is 0 Å². The fourth-order valence-electron chi connectivity index (χ4n) is 2.40. The van der Waals surface area contributed by atoms with Crippen LogP contribution in [0.4, 0.5) is 15.8 Å². The topological polar surface area (TPSA) is 54.5 Å². The molecule has 0 radical (unpaired) electrons. The zero-order valence-corrected chi connectivity index (χ0v) is 12.0. The number of nitrogens with one attached hydrogen (secondary N) is 1. The molecule has 1 amide bonds. The van der Waals surface area contributed by atoms with E-state index >= 15 is 0 Å². The van der Waals surface area contributed by atoms with E-state index in [-0.39, 0.29) is 11.5 Å². The first-order valence-electron chi connectivity index (χ1n) is 7.09. The molecule has 0 unspecified atom stereocenters. The Hall–Kier alpha value is -2.47. The fourth-order valence-corrected chi connectivity index (χ4v) is 2.40. The third-order valence-corrected chi connectivity index (χ3v) is 3.49. The number of nitrogens with zero attached hydrogens (tertiary/aromatic N) is 2. The van der Waals surface area contributed by atoms with Gasteiger partial charge in [-0.1, -0.05) is 12.1 Å². The van der Waals surface area contributed by atoms with Crippen molar-refractivity contribution < 1.29 is 13.9 Å². The van der Waals surface area contributed by atoms with E-state index in [0.717, 1.165) is 24.8 Å². The van der Waals surface area contributed by atoms with Crippen molar-refractivity contribution in [2.75, 3.05) is 36.5 Å². The molecule has 1 N–H and O–H groups in total. The molecule has 0 saturated carbocycles. The monoisotopic (exact) mass is 301 g/mol. The van der Waals surface area contributed by atoms with Gasteiger partial charge in [0.1, 0.15) is 0 Å². The molecule has 0 atom stereocenters. The Labute approximate surface area is 127 Å². The Balaban J connectivity index is 1.81. The molecule has 22 heavy (non-hydrogen) atoms. The highest BCUT2D eigenvalue weighted by atomic mass is 19.1. The normalized spacial score (nSPS) is 14.7. The van der Waals surface area contributed by atoms with Gasteiger partial charge in [0.15, 0.2) is 0 Å². The second-order valence-corrected chi connectivity index (χ2v) is 4.94. The quantitative estimate of drug-likeness (QED) is 0.884. The molecule has 1 aliphatic heterocycles. The van der Waals surface area contributed by atoms with Gasteiger partial charge in [0.05, 0.1) is 24.6 Å². The number of para-hydroxylation sites is 2. The zero-order valence-electron chi connectivity index (χ0n) is 12.0. The van der Waals surface area contributed by atoms with Crippen LogP contribution in [0.25, 0.3) is 0 Å². The molecule has 5 nitrogen and oxygen atoms in total.